The lowest BCUT2D eigenvalue weighted by molar-refractivity contribution is -0.150. The normalized spacial score (nSPS) is 10.4. The first kappa shape index (κ1) is 15.2. The average Bonchev–Trinajstić information content (AvgIpc) is 2.20. The van der Waals surface area contributed by atoms with Crippen LogP contribution in [0.5, 0.6) is 0 Å². The number of carbonyl (C=O) groups is 3. The van der Waals surface area contributed by atoms with Crippen molar-refractivity contribution in [3.05, 3.63) is 0 Å². The summed E-state index contributed by atoms with van der Waals surface area (Å²) in [5.74, 6) is -1.06. The molecule has 0 spiro atoms. The number of amides is 2. The molecule has 0 aliphatic heterocycles. The van der Waals surface area contributed by atoms with Crippen LogP contribution in [0.1, 0.15) is 34.1 Å². The predicted octanol–water partition coefficient (Wildman–Crippen LogP) is 0.495. The molecule has 0 unspecified atom stereocenters. The zero-order valence-corrected chi connectivity index (χ0v) is 10.5. The van der Waals surface area contributed by atoms with Gasteiger partial charge in [0.2, 0.25) is 5.91 Å². The first-order chi connectivity index (χ1) is 7.74. The molecule has 7 nitrogen and oxygen atoms in total. The van der Waals surface area contributed by atoms with E-state index in [1.165, 1.54) is 0 Å². The predicted molar refractivity (Wildman–Crippen MR) is 58.8 cm³/mol. The summed E-state index contributed by atoms with van der Waals surface area (Å²) in [4.78, 5) is 37.3. The molecular formula is C10H18N2O5. The van der Waals surface area contributed by atoms with Gasteiger partial charge in [-0.15, -0.1) is 5.48 Å². The van der Waals surface area contributed by atoms with Gasteiger partial charge in [-0.1, -0.05) is 6.92 Å². The maximum absolute atomic E-state index is 11.1. The van der Waals surface area contributed by atoms with Gasteiger partial charge in [-0.05, 0) is 20.8 Å². The van der Waals surface area contributed by atoms with E-state index in [1.54, 1.807) is 27.7 Å². The van der Waals surface area contributed by atoms with Gasteiger partial charge in [-0.2, -0.15) is 0 Å². The van der Waals surface area contributed by atoms with Gasteiger partial charge in [0.15, 0.2) is 0 Å². The molecule has 0 atom stereocenters. The first-order valence-corrected chi connectivity index (χ1v) is 5.20. The van der Waals surface area contributed by atoms with E-state index < -0.39 is 17.7 Å². The average molecular weight is 246 g/mol. The first-order valence-electron chi connectivity index (χ1n) is 5.20. The number of carbonyl (C=O) groups excluding carboxylic acids is 3. The van der Waals surface area contributed by atoms with E-state index >= 15 is 0 Å². The molecule has 0 aliphatic rings. The van der Waals surface area contributed by atoms with Crippen LogP contribution in [0.3, 0.4) is 0 Å². The van der Waals surface area contributed by atoms with Gasteiger partial charge in [0.1, 0.15) is 12.1 Å². The number of hydrogen-bond acceptors (Lipinski definition) is 5. The van der Waals surface area contributed by atoms with Gasteiger partial charge in [0.25, 0.3) is 0 Å². The van der Waals surface area contributed by atoms with Crippen LogP contribution in [-0.4, -0.2) is 30.1 Å². The van der Waals surface area contributed by atoms with E-state index in [-0.39, 0.29) is 18.9 Å². The molecule has 17 heavy (non-hydrogen) atoms. The molecule has 0 saturated heterocycles. The van der Waals surface area contributed by atoms with E-state index in [0.29, 0.717) is 0 Å². The zero-order chi connectivity index (χ0) is 13.5. The fourth-order valence-corrected chi connectivity index (χ4v) is 0.729. The minimum atomic E-state index is -0.868. The van der Waals surface area contributed by atoms with Crippen LogP contribution in [0.25, 0.3) is 0 Å². The van der Waals surface area contributed by atoms with Gasteiger partial charge in [0, 0.05) is 6.42 Å². The second kappa shape index (κ2) is 6.72. The van der Waals surface area contributed by atoms with Crippen molar-refractivity contribution < 1.29 is 24.0 Å². The summed E-state index contributed by atoms with van der Waals surface area (Å²) in [5, 5.41) is 2.30. The summed E-state index contributed by atoms with van der Waals surface area (Å²) in [6, 6.07) is 0. The largest absolute Gasteiger partial charge is 0.442 e. The lowest BCUT2D eigenvalue weighted by atomic mass is 10.2. The number of ether oxygens (including phenoxy) is 1. The Balaban J connectivity index is 3.77. The molecule has 0 bridgehead atoms. The smallest absolute Gasteiger partial charge is 0.441 e. The Kier molecular flexibility index (Phi) is 6.01. The monoisotopic (exact) mass is 246 g/mol. The number of hydroxylamine groups is 1. The van der Waals surface area contributed by atoms with Crippen LogP contribution in [0.15, 0.2) is 0 Å². The lowest BCUT2D eigenvalue weighted by Crippen LogP contribution is -2.37. The SMILES string of the molecule is CCC(=O)NCC(=O)ONC(=O)OC(C)(C)C. The van der Waals surface area contributed by atoms with E-state index in [0.717, 1.165) is 0 Å². The summed E-state index contributed by atoms with van der Waals surface area (Å²) in [6.07, 6.45) is -0.597. The summed E-state index contributed by atoms with van der Waals surface area (Å²) in [7, 11) is 0. The van der Waals surface area contributed by atoms with Crippen molar-refractivity contribution >= 4 is 18.0 Å². The molecule has 0 aliphatic carbocycles. The highest BCUT2D eigenvalue weighted by atomic mass is 16.7. The van der Waals surface area contributed by atoms with Gasteiger partial charge < -0.3 is 14.9 Å². The van der Waals surface area contributed by atoms with Crippen LogP contribution in [0.2, 0.25) is 0 Å². The van der Waals surface area contributed by atoms with E-state index in [1.807, 2.05) is 5.48 Å². The topological polar surface area (TPSA) is 93.7 Å². The molecule has 0 fully saturated rings. The number of hydrogen-bond donors (Lipinski definition) is 2. The van der Waals surface area contributed by atoms with E-state index in [2.05, 4.69) is 10.2 Å². The van der Waals surface area contributed by atoms with Crippen molar-refractivity contribution in [3.63, 3.8) is 0 Å². The summed E-state index contributed by atoms with van der Waals surface area (Å²) in [5.41, 5.74) is 1.15. The fourth-order valence-electron chi connectivity index (χ4n) is 0.729. The number of nitrogens with one attached hydrogen (secondary N) is 2. The molecular weight excluding hydrogens is 228 g/mol. The molecule has 2 N–H and O–H groups in total. The molecule has 0 aromatic carbocycles. The Morgan fingerprint density at radius 2 is 1.76 bits per heavy atom. The Hall–Kier alpha value is -1.79. The van der Waals surface area contributed by atoms with Gasteiger partial charge in [-0.25, -0.2) is 9.59 Å². The van der Waals surface area contributed by atoms with Gasteiger partial charge in [-0.3, -0.25) is 4.79 Å². The van der Waals surface area contributed by atoms with E-state index in [9.17, 15) is 14.4 Å². The zero-order valence-electron chi connectivity index (χ0n) is 10.5. The summed E-state index contributed by atoms with van der Waals surface area (Å²) < 4.78 is 4.82. The Morgan fingerprint density at radius 1 is 1.18 bits per heavy atom. The summed E-state index contributed by atoms with van der Waals surface area (Å²) >= 11 is 0. The van der Waals surface area contributed by atoms with Crippen molar-refractivity contribution in [2.45, 2.75) is 39.7 Å². The fraction of sp³-hybridized carbons (Fsp3) is 0.700. The number of rotatable bonds is 3. The van der Waals surface area contributed by atoms with Gasteiger partial charge >= 0.3 is 12.1 Å². The third-order valence-electron chi connectivity index (χ3n) is 1.40. The van der Waals surface area contributed by atoms with Crippen LogP contribution in [0.4, 0.5) is 4.79 Å². The molecule has 0 aromatic heterocycles. The van der Waals surface area contributed by atoms with Crippen LogP contribution in [0, 0.1) is 0 Å². The van der Waals surface area contributed by atoms with Crippen LogP contribution >= 0.6 is 0 Å². The standard InChI is InChI=1S/C10H18N2O5/c1-5-7(13)11-6-8(14)17-12-9(15)16-10(2,3)4/h5-6H2,1-4H3,(H,11,13)(H,12,15). The highest BCUT2D eigenvalue weighted by Crippen LogP contribution is 2.06. The highest BCUT2D eigenvalue weighted by Gasteiger charge is 2.17. The third kappa shape index (κ3) is 9.16. The molecule has 2 amide bonds. The van der Waals surface area contributed by atoms with Crippen LogP contribution in [-0.2, 0) is 19.2 Å². The molecule has 7 heteroatoms. The van der Waals surface area contributed by atoms with E-state index in [4.69, 9.17) is 4.74 Å². The third-order valence-corrected chi connectivity index (χ3v) is 1.40. The maximum atomic E-state index is 11.1. The molecule has 0 heterocycles. The van der Waals surface area contributed by atoms with Crippen molar-refractivity contribution in [1.82, 2.24) is 10.8 Å². The molecule has 0 radical (unpaired) electrons. The quantitative estimate of drug-likeness (QED) is 0.707. The van der Waals surface area contributed by atoms with Crippen LogP contribution < -0.4 is 10.8 Å². The summed E-state index contributed by atoms with van der Waals surface area (Å²) in [6.45, 7) is 6.38. The molecule has 0 rings (SSSR count). The minimum absolute atomic E-state index is 0.271. The Bertz CT molecular complexity index is 296. The second-order valence-electron chi connectivity index (χ2n) is 4.21. The lowest BCUT2D eigenvalue weighted by Gasteiger charge is -2.19. The van der Waals surface area contributed by atoms with Crippen molar-refractivity contribution in [2.75, 3.05) is 6.54 Å². The molecule has 0 saturated carbocycles. The minimum Gasteiger partial charge on any atom is -0.442 e. The van der Waals surface area contributed by atoms with Crippen molar-refractivity contribution in [1.29, 1.82) is 0 Å². The second-order valence-corrected chi connectivity index (χ2v) is 4.21. The van der Waals surface area contributed by atoms with Gasteiger partial charge in [0.05, 0.1) is 0 Å². The molecule has 98 valence electrons. The van der Waals surface area contributed by atoms with Crippen molar-refractivity contribution in [3.8, 4) is 0 Å². The molecule has 0 aromatic rings. The Labute approximate surface area is 99.8 Å². The highest BCUT2D eigenvalue weighted by molar-refractivity contribution is 5.82. The maximum Gasteiger partial charge on any atom is 0.441 e. The van der Waals surface area contributed by atoms with Crippen molar-refractivity contribution in [2.24, 2.45) is 0 Å². The Morgan fingerprint density at radius 3 is 2.24 bits per heavy atom.